The largest absolute Gasteiger partial charge is 0.493 e. The highest BCUT2D eigenvalue weighted by atomic mass is 32.2. The Bertz CT molecular complexity index is 1320. The molecular formula is C23H23N5O4S. The fourth-order valence-corrected chi connectivity index (χ4v) is 4.16. The number of amides is 1. The minimum Gasteiger partial charge on any atom is -0.493 e. The van der Waals surface area contributed by atoms with Gasteiger partial charge in [-0.2, -0.15) is 0 Å². The topological polar surface area (TPSA) is 111 Å². The lowest BCUT2D eigenvalue weighted by Crippen LogP contribution is -2.27. The zero-order chi connectivity index (χ0) is 23.2. The second-order valence-electron chi connectivity index (χ2n) is 7.10. The first-order valence-corrected chi connectivity index (χ1v) is 11.2. The summed E-state index contributed by atoms with van der Waals surface area (Å²) in [5.74, 6) is 1.70. The predicted octanol–water partition coefficient (Wildman–Crippen LogP) is 2.55. The molecule has 0 radical (unpaired) electrons. The molecule has 2 N–H and O–H groups in total. The second-order valence-corrected chi connectivity index (χ2v) is 8.05. The van der Waals surface area contributed by atoms with Crippen LogP contribution in [0.5, 0.6) is 11.5 Å². The molecule has 0 saturated carbocycles. The number of nitrogens with zero attached hydrogens (tertiary/aromatic N) is 3. The Hall–Kier alpha value is -3.79. The molecule has 33 heavy (non-hydrogen) atoms. The van der Waals surface area contributed by atoms with Crippen molar-refractivity contribution in [1.29, 1.82) is 0 Å². The monoisotopic (exact) mass is 465 g/mol. The van der Waals surface area contributed by atoms with E-state index in [0.29, 0.717) is 41.1 Å². The molecule has 9 nitrogen and oxygen atoms in total. The number of nitrogens with one attached hydrogen (secondary N) is 2. The van der Waals surface area contributed by atoms with Crippen molar-refractivity contribution in [3.63, 3.8) is 0 Å². The van der Waals surface area contributed by atoms with Crippen molar-refractivity contribution in [2.75, 3.05) is 26.5 Å². The molecule has 0 atom stereocenters. The Morgan fingerprint density at radius 1 is 1.06 bits per heavy atom. The van der Waals surface area contributed by atoms with Crippen LogP contribution in [0.1, 0.15) is 5.56 Å². The molecule has 0 aliphatic carbocycles. The van der Waals surface area contributed by atoms with Gasteiger partial charge in [0.05, 0.1) is 25.7 Å². The fourth-order valence-electron chi connectivity index (χ4n) is 3.38. The van der Waals surface area contributed by atoms with Crippen LogP contribution in [0.25, 0.3) is 17.0 Å². The number of ether oxygens (including phenoxy) is 2. The molecule has 4 rings (SSSR count). The maximum Gasteiger partial charge on any atom is 0.252 e. The van der Waals surface area contributed by atoms with Gasteiger partial charge in [0.1, 0.15) is 0 Å². The smallest absolute Gasteiger partial charge is 0.252 e. The number of aromatic nitrogens is 4. The summed E-state index contributed by atoms with van der Waals surface area (Å²) in [6, 6.07) is 16.7. The predicted molar refractivity (Wildman–Crippen MR) is 126 cm³/mol. The van der Waals surface area contributed by atoms with Crippen LogP contribution in [0.15, 0.2) is 64.5 Å². The highest BCUT2D eigenvalue weighted by Crippen LogP contribution is 2.27. The zero-order valence-corrected chi connectivity index (χ0v) is 19.0. The number of benzene rings is 2. The minimum absolute atomic E-state index is 0.122. The van der Waals surface area contributed by atoms with Gasteiger partial charge in [-0.05, 0) is 29.7 Å². The molecule has 0 unspecified atom stereocenters. The Labute approximate surface area is 194 Å². The average Bonchev–Trinajstić information content (AvgIpc) is 3.25. The Morgan fingerprint density at radius 2 is 1.85 bits per heavy atom. The molecular weight excluding hydrogens is 442 g/mol. The summed E-state index contributed by atoms with van der Waals surface area (Å²) in [7, 11) is 3.18. The van der Waals surface area contributed by atoms with E-state index >= 15 is 0 Å². The molecule has 2 heterocycles. The van der Waals surface area contributed by atoms with Crippen molar-refractivity contribution >= 4 is 23.4 Å². The van der Waals surface area contributed by atoms with Crippen LogP contribution in [0.4, 0.5) is 0 Å². The minimum atomic E-state index is -0.266. The molecule has 0 aliphatic rings. The molecule has 2 aromatic carbocycles. The van der Waals surface area contributed by atoms with Gasteiger partial charge in [-0.25, -0.2) is 0 Å². The number of carbonyl (C=O) groups excluding carboxylic acids is 1. The highest BCUT2D eigenvalue weighted by molar-refractivity contribution is 7.99. The first-order chi connectivity index (χ1) is 16.1. The van der Waals surface area contributed by atoms with Crippen molar-refractivity contribution in [3.05, 3.63) is 70.5 Å². The van der Waals surface area contributed by atoms with Gasteiger partial charge < -0.3 is 14.8 Å². The van der Waals surface area contributed by atoms with E-state index in [4.69, 9.17) is 9.47 Å². The number of hydrogen-bond acceptors (Lipinski definition) is 7. The van der Waals surface area contributed by atoms with Gasteiger partial charge in [-0.15, -0.1) is 10.2 Å². The summed E-state index contributed by atoms with van der Waals surface area (Å²) in [4.78, 5) is 27.1. The normalized spacial score (nSPS) is 10.8. The van der Waals surface area contributed by atoms with Crippen molar-refractivity contribution in [3.8, 4) is 22.8 Å². The van der Waals surface area contributed by atoms with E-state index in [1.807, 2.05) is 48.5 Å². The standard InChI is InChI=1S/C23H23N5O4S/c1-31-18-9-8-15(12-19(18)32-2)10-11-24-21(30)14-33-23-27-26-22-25-20(29)13-17(28(22)23)16-6-4-3-5-7-16/h3-9,12-13H,10-11,14H2,1-2H3,(H,24,30)(H,25,26,29). The Morgan fingerprint density at radius 3 is 2.61 bits per heavy atom. The van der Waals surface area contributed by atoms with E-state index in [2.05, 4.69) is 20.5 Å². The quantitative estimate of drug-likeness (QED) is 0.366. The van der Waals surface area contributed by atoms with Crippen LogP contribution in [-0.2, 0) is 11.2 Å². The Kier molecular flexibility index (Phi) is 6.94. The number of rotatable bonds is 9. The zero-order valence-electron chi connectivity index (χ0n) is 18.2. The first kappa shape index (κ1) is 22.4. The lowest BCUT2D eigenvalue weighted by atomic mass is 10.1. The van der Waals surface area contributed by atoms with E-state index in [0.717, 1.165) is 11.1 Å². The number of aromatic amines is 1. The summed E-state index contributed by atoms with van der Waals surface area (Å²) in [6.07, 6.45) is 0.657. The third-order valence-electron chi connectivity index (χ3n) is 4.96. The Balaban J connectivity index is 1.40. The van der Waals surface area contributed by atoms with Gasteiger partial charge in [0.2, 0.25) is 11.7 Å². The number of fused-ring (bicyclic) bond motifs is 1. The van der Waals surface area contributed by atoms with Crippen LogP contribution in [0, 0.1) is 0 Å². The highest BCUT2D eigenvalue weighted by Gasteiger charge is 2.15. The fraction of sp³-hybridized carbons (Fsp3) is 0.217. The van der Waals surface area contributed by atoms with Gasteiger partial charge >= 0.3 is 0 Å². The van der Waals surface area contributed by atoms with Crippen LogP contribution in [0.2, 0.25) is 0 Å². The molecule has 10 heteroatoms. The van der Waals surface area contributed by atoms with Gasteiger partial charge in [-0.3, -0.25) is 19.0 Å². The molecule has 170 valence electrons. The average molecular weight is 466 g/mol. The molecule has 0 bridgehead atoms. The van der Waals surface area contributed by atoms with Crippen LogP contribution < -0.4 is 20.3 Å². The van der Waals surface area contributed by atoms with Gasteiger partial charge in [0, 0.05) is 12.6 Å². The van der Waals surface area contributed by atoms with Crippen molar-refractivity contribution in [1.82, 2.24) is 24.9 Å². The lowest BCUT2D eigenvalue weighted by molar-refractivity contribution is -0.118. The van der Waals surface area contributed by atoms with Crippen LogP contribution >= 0.6 is 11.8 Å². The second kappa shape index (κ2) is 10.2. The molecule has 0 spiro atoms. The number of thioether (sulfide) groups is 1. The van der Waals surface area contributed by atoms with Gasteiger partial charge in [0.15, 0.2) is 16.7 Å². The van der Waals surface area contributed by atoms with Crippen LogP contribution in [-0.4, -0.2) is 52.0 Å². The number of hydrogen-bond donors (Lipinski definition) is 2. The molecule has 4 aromatic rings. The van der Waals surface area contributed by atoms with Crippen molar-refractivity contribution in [2.45, 2.75) is 11.6 Å². The summed E-state index contributed by atoms with van der Waals surface area (Å²) >= 11 is 1.26. The van der Waals surface area contributed by atoms with E-state index in [-0.39, 0.29) is 17.2 Å². The van der Waals surface area contributed by atoms with Gasteiger partial charge in [0.25, 0.3) is 5.56 Å². The van der Waals surface area contributed by atoms with E-state index in [1.54, 1.807) is 18.6 Å². The first-order valence-electron chi connectivity index (χ1n) is 10.2. The summed E-state index contributed by atoms with van der Waals surface area (Å²) in [5, 5.41) is 11.7. The van der Waals surface area contributed by atoms with E-state index in [1.165, 1.54) is 17.8 Å². The molecule has 2 aromatic heterocycles. The van der Waals surface area contributed by atoms with Crippen molar-refractivity contribution < 1.29 is 14.3 Å². The summed E-state index contributed by atoms with van der Waals surface area (Å²) in [5.41, 5.74) is 2.28. The molecule has 0 saturated heterocycles. The maximum absolute atomic E-state index is 12.4. The molecule has 0 fully saturated rings. The van der Waals surface area contributed by atoms with E-state index in [9.17, 15) is 9.59 Å². The van der Waals surface area contributed by atoms with Crippen LogP contribution in [0.3, 0.4) is 0 Å². The lowest BCUT2D eigenvalue weighted by Gasteiger charge is -2.10. The van der Waals surface area contributed by atoms with Gasteiger partial charge in [-0.1, -0.05) is 48.2 Å². The summed E-state index contributed by atoms with van der Waals surface area (Å²) in [6.45, 7) is 0.484. The third kappa shape index (κ3) is 5.17. The SMILES string of the molecule is COc1ccc(CCNC(=O)CSc2nnc3[nH]c(=O)cc(-c4ccccc4)n23)cc1OC. The van der Waals surface area contributed by atoms with E-state index < -0.39 is 0 Å². The molecule has 0 aliphatic heterocycles. The maximum atomic E-state index is 12.4. The number of methoxy groups -OCH3 is 2. The summed E-state index contributed by atoms with van der Waals surface area (Å²) < 4.78 is 12.3. The number of carbonyl (C=O) groups is 1. The molecule has 1 amide bonds. The third-order valence-corrected chi connectivity index (χ3v) is 5.89. The number of H-pyrrole nitrogens is 1. The van der Waals surface area contributed by atoms with Crippen molar-refractivity contribution in [2.24, 2.45) is 0 Å².